The first kappa shape index (κ1) is 10.0. The average molecular weight is 140 g/mol. The second-order valence-corrected chi connectivity index (χ2v) is 2.76. The van der Waals surface area contributed by atoms with Crippen LogP contribution in [0.2, 0.25) is 0 Å². The highest BCUT2D eigenvalue weighted by Gasteiger charge is 2.22. The molecule has 0 aromatic rings. The van der Waals surface area contributed by atoms with Gasteiger partial charge in [-0.1, -0.05) is 27.2 Å². The van der Waals surface area contributed by atoms with Crippen molar-refractivity contribution >= 4 is 8.05 Å². The Kier molecular flexibility index (Phi) is 4.79. The molecule has 0 atom stereocenters. The molecule has 0 aliphatic carbocycles. The van der Waals surface area contributed by atoms with Crippen LogP contribution in [0, 0.1) is 0 Å². The van der Waals surface area contributed by atoms with E-state index in [0.29, 0.717) is 0 Å². The SMILES string of the molecule is [B]OC(CC)(CC)CCC. The van der Waals surface area contributed by atoms with Gasteiger partial charge in [0, 0.05) is 5.60 Å². The lowest BCUT2D eigenvalue weighted by atomic mass is 9.91. The van der Waals surface area contributed by atoms with Crippen LogP contribution in [0.15, 0.2) is 0 Å². The van der Waals surface area contributed by atoms with E-state index in [-0.39, 0.29) is 5.60 Å². The summed E-state index contributed by atoms with van der Waals surface area (Å²) in [5, 5.41) is 0. The zero-order valence-electron chi connectivity index (χ0n) is 7.31. The van der Waals surface area contributed by atoms with Crippen molar-refractivity contribution in [1.29, 1.82) is 0 Å². The van der Waals surface area contributed by atoms with Crippen LogP contribution in [0.5, 0.6) is 0 Å². The van der Waals surface area contributed by atoms with Gasteiger partial charge in [0.05, 0.1) is 0 Å². The summed E-state index contributed by atoms with van der Waals surface area (Å²) in [5.74, 6) is 0. The zero-order chi connectivity index (χ0) is 8.04. The van der Waals surface area contributed by atoms with Gasteiger partial charge in [0.25, 0.3) is 8.05 Å². The molecule has 0 heterocycles. The third kappa shape index (κ3) is 2.33. The first-order valence-electron chi connectivity index (χ1n) is 4.12. The molecule has 0 saturated heterocycles. The van der Waals surface area contributed by atoms with Crippen LogP contribution in [0.25, 0.3) is 0 Å². The van der Waals surface area contributed by atoms with Crippen LogP contribution in [0.4, 0.5) is 0 Å². The van der Waals surface area contributed by atoms with Crippen molar-refractivity contribution in [2.75, 3.05) is 0 Å². The van der Waals surface area contributed by atoms with Gasteiger partial charge in [-0.25, -0.2) is 0 Å². The molecule has 0 spiro atoms. The number of hydrogen-bond donors (Lipinski definition) is 0. The van der Waals surface area contributed by atoms with Gasteiger partial charge in [0.1, 0.15) is 0 Å². The molecule has 58 valence electrons. The Morgan fingerprint density at radius 3 is 1.80 bits per heavy atom. The van der Waals surface area contributed by atoms with E-state index in [1.165, 1.54) is 0 Å². The summed E-state index contributed by atoms with van der Waals surface area (Å²) in [7, 11) is 5.21. The first-order valence-corrected chi connectivity index (χ1v) is 4.12. The topological polar surface area (TPSA) is 9.23 Å². The summed E-state index contributed by atoms with van der Waals surface area (Å²) in [6, 6.07) is 0. The number of rotatable bonds is 5. The fourth-order valence-corrected chi connectivity index (χ4v) is 1.28. The normalized spacial score (nSPS) is 11.9. The standard InChI is InChI=1S/C8H17BO/c1-4-7-8(5-2,6-3)10-9/h4-7H2,1-3H3. The maximum atomic E-state index is 5.21. The predicted octanol–water partition coefficient (Wildman–Crippen LogP) is 2.45. The Morgan fingerprint density at radius 1 is 1.20 bits per heavy atom. The molecular formula is C8H17BO. The average Bonchev–Trinajstić information content (AvgIpc) is 2.01. The van der Waals surface area contributed by atoms with Crippen LogP contribution in [0.3, 0.4) is 0 Å². The maximum absolute atomic E-state index is 5.21. The molecule has 0 fully saturated rings. The van der Waals surface area contributed by atoms with E-state index in [4.69, 9.17) is 12.7 Å². The Hall–Kier alpha value is 0.0249. The molecule has 0 N–H and O–H groups in total. The van der Waals surface area contributed by atoms with Gasteiger partial charge in [-0.15, -0.1) is 0 Å². The van der Waals surface area contributed by atoms with Gasteiger partial charge in [-0.2, -0.15) is 0 Å². The molecule has 0 aromatic carbocycles. The van der Waals surface area contributed by atoms with Crippen molar-refractivity contribution in [2.24, 2.45) is 0 Å². The monoisotopic (exact) mass is 140 g/mol. The summed E-state index contributed by atoms with van der Waals surface area (Å²) in [6.45, 7) is 6.39. The van der Waals surface area contributed by atoms with Crippen molar-refractivity contribution in [3.8, 4) is 0 Å². The van der Waals surface area contributed by atoms with Crippen LogP contribution < -0.4 is 0 Å². The quantitative estimate of drug-likeness (QED) is 0.533. The Bertz CT molecular complexity index is 71.1. The molecular weight excluding hydrogens is 123 g/mol. The lowest BCUT2D eigenvalue weighted by molar-refractivity contribution is 0.0605. The summed E-state index contributed by atoms with van der Waals surface area (Å²) in [6.07, 6.45) is 4.22. The molecule has 2 radical (unpaired) electrons. The molecule has 1 nitrogen and oxygen atoms in total. The van der Waals surface area contributed by atoms with E-state index >= 15 is 0 Å². The highest BCUT2D eigenvalue weighted by atomic mass is 16.4. The molecule has 0 amide bonds. The van der Waals surface area contributed by atoms with Gasteiger partial charge in [-0.3, -0.25) is 0 Å². The minimum Gasteiger partial charge on any atom is -0.442 e. The minimum atomic E-state index is -0.0469. The zero-order valence-corrected chi connectivity index (χ0v) is 7.31. The van der Waals surface area contributed by atoms with Crippen molar-refractivity contribution in [1.82, 2.24) is 0 Å². The summed E-state index contributed by atoms with van der Waals surface area (Å²) < 4.78 is 4.98. The highest BCUT2D eigenvalue weighted by Crippen LogP contribution is 2.24. The molecule has 2 heteroatoms. The Labute approximate surface area is 65.6 Å². The molecule has 0 aliphatic heterocycles. The molecule has 10 heavy (non-hydrogen) atoms. The Morgan fingerprint density at radius 2 is 1.70 bits per heavy atom. The predicted molar refractivity (Wildman–Crippen MR) is 45.1 cm³/mol. The lowest BCUT2D eigenvalue weighted by Crippen LogP contribution is -2.29. The third-order valence-corrected chi connectivity index (χ3v) is 2.24. The third-order valence-electron chi connectivity index (χ3n) is 2.24. The van der Waals surface area contributed by atoms with Crippen molar-refractivity contribution in [3.63, 3.8) is 0 Å². The summed E-state index contributed by atoms with van der Waals surface area (Å²) in [5.41, 5.74) is -0.0469. The summed E-state index contributed by atoms with van der Waals surface area (Å²) in [4.78, 5) is 0. The fourth-order valence-electron chi connectivity index (χ4n) is 1.28. The van der Waals surface area contributed by atoms with Gasteiger partial charge < -0.3 is 4.65 Å². The van der Waals surface area contributed by atoms with Crippen LogP contribution >= 0.6 is 0 Å². The van der Waals surface area contributed by atoms with E-state index in [0.717, 1.165) is 25.7 Å². The van der Waals surface area contributed by atoms with Crippen molar-refractivity contribution in [3.05, 3.63) is 0 Å². The molecule has 0 rings (SSSR count). The van der Waals surface area contributed by atoms with Crippen LogP contribution in [0.1, 0.15) is 46.5 Å². The largest absolute Gasteiger partial charge is 0.442 e. The van der Waals surface area contributed by atoms with Crippen LogP contribution in [-0.4, -0.2) is 13.7 Å². The van der Waals surface area contributed by atoms with E-state index in [9.17, 15) is 0 Å². The van der Waals surface area contributed by atoms with E-state index in [1.54, 1.807) is 0 Å². The second kappa shape index (κ2) is 4.78. The molecule has 0 bridgehead atoms. The highest BCUT2D eigenvalue weighted by molar-refractivity contribution is 5.98. The van der Waals surface area contributed by atoms with Gasteiger partial charge in [0.2, 0.25) is 0 Å². The maximum Gasteiger partial charge on any atom is 0.283 e. The minimum absolute atomic E-state index is 0.0469. The first-order chi connectivity index (χ1) is 4.74. The van der Waals surface area contributed by atoms with E-state index in [1.807, 2.05) is 0 Å². The molecule has 0 saturated carbocycles. The summed E-state index contributed by atoms with van der Waals surface area (Å²) >= 11 is 0. The lowest BCUT2D eigenvalue weighted by Gasteiger charge is -2.30. The van der Waals surface area contributed by atoms with Crippen molar-refractivity contribution < 1.29 is 4.65 Å². The van der Waals surface area contributed by atoms with Crippen LogP contribution in [-0.2, 0) is 4.65 Å². The van der Waals surface area contributed by atoms with E-state index < -0.39 is 0 Å². The van der Waals surface area contributed by atoms with Gasteiger partial charge in [-0.05, 0) is 19.3 Å². The van der Waals surface area contributed by atoms with Crippen molar-refractivity contribution in [2.45, 2.75) is 52.1 Å². The van der Waals surface area contributed by atoms with Gasteiger partial charge in [0.15, 0.2) is 0 Å². The molecule has 0 aromatic heterocycles. The molecule has 0 aliphatic rings. The second-order valence-electron chi connectivity index (χ2n) is 2.76. The number of hydrogen-bond acceptors (Lipinski definition) is 1. The van der Waals surface area contributed by atoms with Gasteiger partial charge >= 0.3 is 0 Å². The smallest absolute Gasteiger partial charge is 0.283 e. The molecule has 0 unspecified atom stereocenters. The Balaban J connectivity index is 3.87. The fraction of sp³-hybridized carbons (Fsp3) is 1.00. The van der Waals surface area contributed by atoms with E-state index in [2.05, 4.69) is 20.8 Å².